The van der Waals surface area contributed by atoms with Crippen molar-refractivity contribution in [3.05, 3.63) is 42.8 Å². The molecule has 1 amide bonds. The Labute approximate surface area is 120 Å². The van der Waals surface area contributed by atoms with E-state index < -0.39 is 10.8 Å². The molecule has 1 N–H and O–H groups in total. The number of non-ortho nitro benzene ring substituents is 1. The van der Waals surface area contributed by atoms with Gasteiger partial charge in [0.2, 0.25) is 9.47 Å². The average Bonchev–Trinajstić information content (AvgIpc) is 2.78. The monoisotopic (exact) mass is 318 g/mol. The van der Waals surface area contributed by atoms with Crippen molar-refractivity contribution < 1.29 is 9.72 Å². The number of hydrogen-bond donors (Lipinski definition) is 1. The molecule has 10 heteroatoms. The molecule has 0 unspecified atom stereocenters. The highest BCUT2D eigenvalue weighted by Gasteiger charge is 2.16. The lowest BCUT2D eigenvalue weighted by Crippen LogP contribution is -2.12. The van der Waals surface area contributed by atoms with Gasteiger partial charge in [-0.3, -0.25) is 14.9 Å². The van der Waals surface area contributed by atoms with Crippen molar-refractivity contribution >= 4 is 51.8 Å². The Kier molecular flexibility index (Phi) is 3.93. The van der Waals surface area contributed by atoms with E-state index in [2.05, 4.69) is 15.5 Å². The molecule has 0 atom stereocenters. The number of nitrogens with zero attached hydrogens (tertiary/aromatic N) is 3. The van der Waals surface area contributed by atoms with Gasteiger partial charge in [0.25, 0.3) is 11.6 Å². The van der Waals surface area contributed by atoms with Crippen LogP contribution in [-0.2, 0) is 0 Å². The van der Waals surface area contributed by atoms with Crippen LogP contribution in [0.3, 0.4) is 0 Å². The second-order valence-electron chi connectivity index (χ2n) is 3.24. The van der Waals surface area contributed by atoms with Crippen molar-refractivity contribution in [1.29, 1.82) is 0 Å². The minimum absolute atomic E-state index is 0.0348. The molecule has 19 heavy (non-hydrogen) atoms. The van der Waals surface area contributed by atoms with E-state index in [-0.39, 0.29) is 25.9 Å². The zero-order valence-electron chi connectivity index (χ0n) is 8.96. The van der Waals surface area contributed by atoms with Crippen LogP contribution in [0.4, 0.5) is 11.4 Å². The van der Waals surface area contributed by atoms with Crippen LogP contribution < -0.4 is 5.32 Å². The van der Waals surface area contributed by atoms with Crippen LogP contribution in [0.1, 0.15) is 9.80 Å². The lowest BCUT2D eigenvalue weighted by atomic mass is 10.3. The minimum Gasteiger partial charge on any atom is -0.318 e. The fraction of sp³-hybridized carbons (Fsp3) is 0. The molecule has 0 aliphatic carbocycles. The van der Waals surface area contributed by atoms with Crippen molar-refractivity contribution in [3.63, 3.8) is 0 Å². The third kappa shape index (κ3) is 3.16. The van der Waals surface area contributed by atoms with Gasteiger partial charge in [-0.05, 0) is 17.7 Å². The quantitative estimate of drug-likeness (QED) is 0.692. The van der Waals surface area contributed by atoms with Crippen LogP contribution in [0.25, 0.3) is 0 Å². The molecule has 2 rings (SSSR count). The van der Waals surface area contributed by atoms with E-state index in [0.717, 1.165) is 17.4 Å². The number of nitro groups is 1. The molecule has 7 nitrogen and oxygen atoms in total. The molecule has 2 aromatic rings. The number of nitro benzene ring substituents is 1. The number of carbonyl (C=O) groups excluding carboxylic acids is 1. The molecule has 0 saturated carbocycles. The van der Waals surface area contributed by atoms with E-state index in [1.807, 2.05) is 0 Å². The van der Waals surface area contributed by atoms with Crippen molar-refractivity contribution in [2.75, 3.05) is 5.32 Å². The third-order valence-electron chi connectivity index (χ3n) is 2.00. The van der Waals surface area contributed by atoms with Gasteiger partial charge in [0, 0.05) is 12.1 Å². The first-order chi connectivity index (χ1) is 8.97. The molecule has 0 spiro atoms. The molecule has 0 bridgehead atoms. The van der Waals surface area contributed by atoms with E-state index >= 15 is 0 Å². The Morgan fingerprint density at radius 3 is 2.68 bits per heavy atom. The zero-order valence-corrected chi connectivity index (χ0v) is 11.3. The maximum absolute atomic E-state index is 11.8. The lowest BCUT2D eigenvalue weighted by molar-refractivity contribution is -0.384. The molecular weight excluding hydrogens is 315 g/mol. The van der Waals surface area contributed by atoms with E-state index in [9.17, 15) is 14.9 Å². The molecular formula is C9H4Cl2N4O3S. The molecule has 1 aromatic carbocycles. The van der Waals surface area contributed by atoms with Gasteiger partial charge in [-0.1, -0.05) is 22.9 Å². The summed E-state index contributed by atoms with van der Waals surface area (Å²) in [5.74, 6) is -0.591. The second-order valence-corrected chi connectivity index (χ2v) is 5.20. The first kappa shape index (κ1) is 13.7. The molecule has 0 radical (unpaired) electrons. The number of anilines is 1. The highest BCUT2D eigenvalue weighted by Crippen LogP contribution is 2.27. The van der Waals surface area contributed by atoms with Crippen molar-refractivity contribution in [3.8, 4) is 0 Å². The summed E-state index contributed by atoms with van der Waals surface area (Å²) in [6.45, 7) is 0. The standard InChI is InChI=1S/C9H4Cl2N4O3S/c10-5-2-1-4(15(17)18)3-6(5)12-7(16)8-13-14-9(11)19-8/h1-3H,(H,12,16). The smallest absolute Gasteiger partial charge is 0.286 e. The van der Waals surface area contributed by atoms with Gasteiger partial charge in [-0.15, -0.1) is 10.2 Å². The maximum atomic E-state index is 11.8. The minimum atomic E-state index is -0.591. The van der Waals surface area contributed by atoms with Gasteiger partial charge in [-0.2, -0.15) is 0 Å². The predicted molar refractivity (Wildman–Crippen MR) is 71.0 cm³/mol. The highest BCUT2D eigenvalue weighted by molar-refractivity contribution is 7.17. The number of hydrogen-bond acceptors (Lipinski definition) is 6. The van der Waals surface area contributed by atoms with Gasteiger partial charge >= 0.3 is 0 Å². The summed E-state index contributed by atoms with van der Waals surface area (Å²) in [6.07, 6.45) is 0. The number of rotatable bonds is 3. The summed E-state index contributed by atoms with van der Waals surface area (Å²) in [7, 11) is 0. The van der Waals surface area contributed by atoms with Gasteiger partial charge in [0.1, 0.15) is 0 Å². The van der Waals surface area contributed by atoms with Crippen LogP contribution >= 0.6 is 34.5 Å². The summed E-state index contributed by atoms with van der Waals surface area (Å²) < 4.78 is 0.121. The lowest BCUT2D eigenvalue weighted by Gasteiger charge is -2.04. The Hall–Kier alpha value is -1.77. The van der Waals surface area contributed by atoms with Gasteiger partial charge in [0.05, 0.1) is 15.6 Å². The maximum Gasteiger partial charge on any atom is 0.286 e. The van der Waals surface area contributed by atoms with Crippen LogP contribution in [0.2, 0.25) is 9.49 Å². The summed E-state index contributed by atoms with van der Waals surface area (Å²) in [6, 6.07) is 3.71. The molecule has 1 aromatic heterocycles. The number of aromatic nitrogens is 2. The van der Waals surface area contributed by atoms with Crippen LogP contribution in [0.5, 0.6) is 0 Å². The molecule has 1 heterocycles. The summed E-state index contributed by atoms with van der Waals surface area (Å²) in [5.41, 5.74) is -0.0674. The summed E-state index contributed by atoms with van der Waals surface area (Å²) in [4.78, 5) is 21.8. The van der Waals surface area contributed by atoms with Gasteiger partial charge in [0.15, 0.2) is 0 Å². The van der Waals surface area contributed by atoms with E-state index in [1.54, 1.807) is 0 Å². The Bertz CT molecular complexity index is 661. The zero-order chi connectivity index (χ0) is 14.0. The van der Waals surface area contributed by atoms with Crippen molar-refractivity contribution in [2.24, 2.45) is 0 Å². The third-order valence-corrected chi connectivity index (χ3v) is 3.35. The van der Waals surface area contributed by atoms with Crippen LogP contribution in [0.15, 0.2) is 18.2 Å². The van der Waals surface area contributed by atoms with Crippen LogP contribution in [-0.4, -0.2) is 21.0 Å². The summed E-state index contributed by atoms with van der Waals surface area (Å²) >= 11 is 12.3. The Balaban J connectivity index is 2.25. The van der Waals surface area contributed by atoms with E-state index in [1.165, 1.54) is 12.1 Å². The number of amides is 1. The number of carbonyl (C=O) groups is 1. The molecule has 0 aliphatic heterocycles. The predicted octanol–water partition coefficient (Wildman–Crippen LogP) is 3.01. The fourth-order valence-electron chi connectivity index (χ4n) is 1.20. The van der Waals surface area contributed by atoms with Gasteiger partial charge in [-0.25, -0.2) is 0 Å². The van der Waals surface area contributed by atoms with Crippen molar-refractivity contribution in [1.82, 2.24) is 10.2 Å². The van der Waals surface area contributed by atoms with E-state index in [4.69, 9.17) is 23.2 Å². The molecule has 0 saturated heterocycles. The largest absolute Gasteiger partial charge is 0.318 e. The van der Waals surface area contributed by atoms with Crippen molar-refractivity contribution in [2.45, 2.75) is 0 Å². The highest BCUT2D eigenvalue weighted by atomic mass is 35.5. The van der Waals surface area contributed by atoms with Gasteiger partial charge < -0.3 is 5.32 Å². The summed E-state index contributed by atoms with van der Waals surface area (Å²) in [5, 5.41) is 20.3. The van der Waals surface area contributed by atoms with E-state index in [0.29, 0.717) is 0 Å². The fourth-order valence-corrected chi connectivity index (χ4v) is 2.08. The topological polar surface area (TPSA) is 98.0 Å². The number of halogens is 2. The molecule has 98 valence electrons. The average molecular weight is 319 g/mol. The number of benzene rings is 1. The Morgan fingerprint density at radius 1 is 1.37 bits per heavy atom. The first-order valence-electron chi connectivity index (χ1n) is 4.71. The van der Waals surface area contributed by atoms with Crippen LogP contribution in [0, 0.1) is 10.1 Å². The second kappa shape index (κ2) is 5.47. The Morgan fingerprint density at radius 2 is 2.11 bits per heavy atom. The molecule has 0 aliphatic rings. The number of nitrogens with one attached hydrogen (secondary N) is 1. The SMILES string of the molecule is O=C(Nc1cc([N+](=O)[O-])ccc1Cl)c1nnc(Cl)s1. The normalized spacial score (nSPS) is 10.2. The first-order valence-corrected chi connectivity index (χ1v) is 6.29. The molecule has 0 fully saturated rings.